The fourth-order valence-electron chi connectivity index (χ4n) is 4.11. The van der Waals surface area contributed by atoms with Gasteiger partial charge in [0, 0.05) is 35.0 Å². The summed E-state index contributed by atoms with van der Waals surface area (Å²) in [5.74, 6) is 0.855. The Morgan fingerprint density at radius 2 is 1.97 bits per heavy atom. The third-order valence-electron chi connectivity index (χ3n) is 5.75. The molecular weight excluding hydrogens is 392 g/mol. The fourth-order valence-corrected chi connectivity index (χ4v) is 4.55. The van der Waals surface area contributed by atoms with Gasteiger partial charge in [0.25, 0.3) is 0 Å². The molecule has 1 saturated heterocycles. The minimum absolute atomic E-state index is 0.0649. The number of nitrogens with one attached hydrogen (secondary N) is 1. The van der Waals surface area contributed by atoms with Crippen molar-refractivity contribution in [2.75, 3.05) is 20.0 Å². The van der Waals surface area contributed by atoms with Crippen LogP contribution in [0.15, 0.2) is 53.4 Å². The highest BCUT2D eigenvalue weighted by atomic mass is 32.2. The van der Waals surface area contributed by atoms with E-state index in [9.17, 15) is 0 Å². The van der Waals surface area contributed by atoms with E-state index in [0.717, 1.165) is 48.5 Å². The molecule has 2 aromatic carbocycles. The molecule has 0 bridgehead atoms. The molecule has 30 heavy (non-hydrogen) atoms. The summed E-state index contributed by atoms with van der Waals surface area (Å²) in [6, 6.07) is 17.4. The molecule has 1 aliphatic rings. The number of hydrogen-bond acceptors (Lipinski definition) is 5. The van der Waals surface area contributed by atoms with Crippen molar-refractivity contribution in [2.45, 2.75) is 49.8 Å². The highest BCUT2D eigenvalue weighted by Gasteiger charge is 2.28. The van der Waals surface area contributed by atoms with Gasteiger partial charge in [-0.3, -0.25) is 0 Å². The van der Waals surface area contributed by atoms with Crippen molar-refractivity contribution in [3.05, 3.63) is 54.1 Å². The van der Waals surface area contributed by atoms with Crippen molar-refractivity contribution in [1.82, 2.24) is 10.3 Å². The average molecular weight is 423 g/mol. The van der Waals surface area contributed by atoms with E-state index in [1.54, 1.807) is 18.9 Å². The Kier molecular flexibility index (Phi) is 6.32. The average Bonchev–Trinajstić information content (AvgIpc) is 2.76. The van der Waals surface area contributed by atoms with Crippen LogP contribution in [0, 0.1) is 0 Å². The van der Waals surface area contributed by atoms with Gasteiger partial charge in [-0.15, -0.1) is 11.8 Å². The third kappa shape index (κ3) is 4.80. The lowest BCUT2D eigenvalue weighted by atomic mass is 9.93. The van der Waals surface area contributed by atoms with Gasteiger partial charge in [-0.2, -0.15) is 0 Å². The number of hydrogen-bond donors (Lipinski definition) is 1. The summed E-state index contributed by atoms with van der Waals surface area (Å²) in [7, 11) is 1.69. The van der Waals surface area contributed by atoms with E-state index < -0.39 is 0 Å². The van der Waals surface area contributed by atoms with E-state index in [2.05, 4.69) is 61.8 Å². The molecule has 1 atom stereocenters. The van der Waals surface area contributed by atoms with Gasteiger partial charge in [-0.25, -0.2) is 4.98 Å². The molecule has 1 aliphatic heterocycles. The van der Waals surface area contributed by atoms with Crippen LogP contribution in [-0.4, -0.2) is 36.6 Å². The topological polar surface area (TPSA) is 43.4 Å². The molecule has 0 saturated carbocycles. The van der Waals surface area contributed by atoms with Crippen molar-refractivity contribution >= 4 is 22.7 Å². The lowest BCUT2D eigenvalue weighted by Crippen LogP contribution is -2.43. The number of pyridine rings is 1. The normalized spacial score (nSPS) is 18.5. The van der Waals surface area contributed by atoms with Crippen LogP contribution in [0.2, 0.25) is 0 Å². The molecule has 158 valence electrons. The van der Waals surface area contributed by atoms with E-state index in [1.165, 1.54) is 15.8 Å². The molecule has 0 aliphatic carbocycles. The Hall–Kier alpha value is -2.08. The Morgan fingerprint density at radius 1 is 1.17 bits per heavy atom. The number of fused-ring (bicyclic) bond motifs is 1. The third-order valence-corrected chi connectivity index (χ3v) is 6.47. The van der Waals surface area contributed by atoms with Crippen LogP contribution in [0.5, 0.6) is 5.75 Å². The number of ether oxygens (including phenoxy) is 2. The molecule has 5 heteroatoms. The number of aromatic nitrogens is 1. The summed E-state index contributed by atoms with van der Waals surface area (Å²) < 4.78 is 11.2. The number of thioether (sulfide) groups is 1. The second-order valence-electron chi connectivity index (χ2n) is 8.46. The molecule has 1 N–H and O–H groups in total. The van der Waals surface area contributed by atoms with Gasteiger partial charge in [-0.1, -0.05) is 6.07 Å². The van der Waals surface area contributed by atoms with Crippen LogP contribution in [0.1, 0.15) is 32.3 Å². The Labute approximate surface area is 183 Å². The first kappa shape index (κ1) is 21.2. The second-order valence-corrected chi connectivity index (χ2v) is 9.34. The highest BCUT2D eigenvalue weighted by Crippen LogP contribution is 2.30. The number of rotatable bonds is 6. The SMILES string of the molecule is COc1ccc(-c2nc3cc(SC)ccc3cc2CN[C@@H]2CCOC(C)(C)C2)cc1. The number of methoxy groups -OCH3 is 1. The molecule has 0 radical (unpaired) electrons. The number of benzene rings is 2. The van der Waals surface area contributed by atoms with Crippen molar-refractivity contribution in [3.8, 4) is 17.0 Å². The predicted octanol–water partition coefficient (Wildman–Crippen LogP) is 5.68. The first-order valence-corrected chi connectivity index (χ1v) is 11.7. The van der Waals surface area contributed by atoms with Crippen LogP contribution in [0.3, 0.4) is 0 Å². The predicted molar refractivity (Wildman–Crippen MR) is 125 cm³/mol. The molecule has 3 aromatic rings. The minimum Gasteiger partial charge on any atom is -0.497 e. The maximum atomic E-state index is 5.88. The van der Waals surface area contributed by atoms with E-state index in [0.29, 0.717) is 6.04 Å². The zero-order valence-electron chi connectivity index (χ0n) is 18.2. The first-order valence-electron chi connectivity index (χ1n) is 10.5. The lowest BCUT2D eigenvalue weighted by molar-refractivity contribution is -0.0630. The summed E-state index contributed by atoms with van der Waals surface area (Å²) >= 11 is 1.74. The monoisotopic (exact) mass is 422 g/mol. The maximum Gasteiger partial charge on any atom is 0.118 e. The first-order chi connectivity index (χ1) is 14.5. The largest absolute Gasteiger partial charge is 0.497 e. The van der Waals surface area contributed by atoms with Gasteiger partial charge in [0.15, 0.2) is 0 Å². The Bertz CT molecular complexity index is 1020. The van der Waals surface area contributed by atoms with Crippen molar-refractivity contribution in [1.29, 1.82) is 0 Å². The molecule has 0 spiro atoms. The lowest BCUT2D eigenvalue weighted by Gasteiger charge is -2.36. The van der Waals surface area contributed by atoms with Crippen LogP contribution in [0.25, 0.3) is 22.2 Å². The van der Waals surface area contributed by atoms with Crippen LogP contribution < -0.4 is 10.1 Å². The fraction of sp³-hybridized carbons (Fsp3) is 0.400. The van der Waals surface area contributed by atoms with E-state index in [1.807, 2.05) is 12.1 Å². The summed E-state index contributed by atoms with van der Waals surface area (Å²) in [5, 5.41) is 4.94. The van der Waals surface area contributed by atoms with E-state index in [4.69, 9.17) is 14.5 Å². The van der Waals surface area contributed by atoms with Crippen LogP contribution >= 0.6 is 11.8 Å². The minimum atomic E-state index is -0.0649. The molecule has 0 amide bonds. The summed E-state index contributed by atoms with van der Waals surface area (Å²) in [4.78, 5) is 6.31. The molecular formula is C25H30N2O2S. The van der Waals surface area contributed by atoms with Gasteiger partial charge in [-0.05, 0) is 81.0 Å². The molecule has 2 heterocycles. The molecule has 0 unspecified atom stereocenters. The van der Waals surface area contributed by atoms with Crippen LogP contribution in [0.4, 0.5) is 0 Å². The van der Waals surface area contributed by atoms with Crippen molar-refractivity contribution < 1.29 is 9.47 Å². The van der Waals surface area contributed by atoms with Crippen LogP contribution in [-0.2, 0) is 11.3 Å². The number of nitrogens with zero attached hydrogens (tertiary/aromatic N) is 1. The highest BCUT2D eigenvalue weighted by molar-refractivity contribution is 7.98. The molecule has 1 fully saturated rings. The Balaban J connectivity index is 1.68. The maximum absolute atomic E-state index is 5.88. The quantitative estimate of drug-likeness (QED) is 0.518. The zero-order valence-corrected chi connectivity index (χ0v) is 19.0. The van der Waals surface area contributed by atoms with E-state index >= 15 is 0 Å². The van der Waals surface area contributed by atoms with Crippen molar-refractivity contribution in [2.24, 2.45) is 0 Å². The van der Waals surface area contributed by atoms with Gasteiger partial charge < -0.3 is 14.8 Å². The standard InChI is InChI=1S/C25H30N2O2S/c1-25(2)15-20(11-12-29-25)26-16-19-13-18-7-10-22(30-4)14-23(18)27-24(19)17-5-8-21(28-3)9-6-17/h5-10,13-14,20,26H,11-12,15-16H2,1-4H3/t20-/m1/s1. The molecule has 1 aromatic heterocycles. The van der Waals surface area contributed by atoms with Gasteiger partial charge >= 0.3 is 0 Å². The second kappa shape index (κ2) is 8.96. The van der Waals surface area contributed by atoms with Gasteiger partial charge in [0.05, 0.1) is 23.9 Å². The Morgan fingerprint density at radius 3 is 2.67 bits per heavy atom. The van der Waals surface area contributed by atoms with Crippen molar-refractivity contribution in [3.63, 3.8) is 0 Å². The summed E-state index contributed by atoms with van der Waals surface area (Å²) in [5.41, 5.74) is 4.32. The van der Waals surface area contributed by atoms with Gasteiger partial charge in [0.2, 0.25) is 0 Å². The van der Waals surface area contributed by atoms with Gasteiger partial charge in [0.1, 0.15) is 5.75 Å². The molecule has 4 nitrogen and oxygen atoms in total. The smallest absolute Gasteiger partial charge is 0.118 e. The summed E-state index contributed by atoms with van der Waals surface area (Å²) in [6.07, 6.45) is 4.15. The molecule has 4 rings (SSSR count). The zero-order chi connectivity index (χ0) is 21.1. The van der Waals surface area contributed by atoms with E-state index in [-0.39, 0.29) is 5.60 Å². The summed E-state index contributed by atoms with van der Waals surface area (Å²) in [6.45, 7) is 5.94.